The molecule has 1 aromatic heterocycles. The maximum absolute atomic E-state index is 10.4. The first-order chi connectivity index (χ1) is 6.18. The van der Waals surface area contributed by atoms with Crippen LogP contribution < -0.4 is 5.32 Å². The molecule has 7 nitrogen and oxygen atoms in total. The Hall–Kier alpha value is -1.63. The van der Waals surface area contributed by atoms with Gasteiger partial charge in [-0.3, -0.25) is 4.57 Å². The first-order valence-electron chi connectivity index (χ1n) is 3.80. The number of β-amino-alcohol motifs (C(OH)–C–C–N with tert-alkyl or cyclic N) is 1. The van der Waals surface area contributed by atoms with Crippen molar-refractivity contribution in [3.8, 4) is 0 Å². The molecule has 7 heteroatoms. The Bertz CT molecular complexity index is 348. The van der Waals surface area contributed by atoms with Gasteiger partial charge in [-0.1, -0.05) is 0 Å². The van der Waals surface area contributed by atoms with Gasteiger partial charge in [0.15, 0.2) is 0 Å². The van der Waals surface area contributed by atoms with E-state index in [0.29, 0.717) is 18.9 Å². The summed E-state index contributed by atoms with van der Waals surface area (Å²) >= 11 is 0. The number of nitro groups is 1. The summed E-state index contributed by atoms with van der Waals surface area (Å²) in [6.07, 6.45) is 0.837. The molecule has 0 bridgehead atoms. The van der Waals surface area contributed by atoms with Gasteiger partial charge in [0.25, 0.3) is 0 Å². The van der Waals surface area contributed by atoms with Crippen molar-refractivity contribution in [3.05, 3.63) is 16.4 Å². The van der Waals surface area contributed by atoms with Crippen molar-refractivity contribution < 1.29 is 10.0 Å². The van der Waals surface area contributed by atoms with Gasteiger partial charge < -0.3 is 20.5 Å². The molecule has 2 rings (SSSR count). The lowest BCUT2D eigenvalue weighted by Gasteiger charge is -2.19. The number of anilines is 1. The molecule has 1 aliphatic heterocycles. The molecular formula is C6H8N4O3. The van der Waals surface area contributed by atoms with E-state index in [1.807, 2.05) is 0 Å². The maximum atomic E-state index is 10.4. The second-order valence-electron chi connectivity index (χ2n) is 2.86. The molecular weight excluding hydrogens is 176 g/mol. The molecule has 0 aromatic carbocycles. The fourth-order valence-corrected chi connectivity index (χ4v) is 1.33. The van der Waals surface area contributed by atoms with E-state index >= 15 is 0 Å². The van der Waals surface area contributed by atoms with Crippen molar-refractivity contribution in [3.63, 3.8) is 0 Å². The van der Waals surface area contributed by atoms with Crippen molar-refractivity contribution in [2.45, 2.75) is 12.6 Å². The van der Waals surface area contributed by atoms with E-state index in [0.717, 1.165) is 0 Å². The van der Waals surface area contributed by atoms with E-state index in [1.165, 1.54) is 10.9 Å². The third kappa shape index (κ3) is 1.22. The molecule has 1 atom stereocenters. The van der Waals surface area contributed by atoms with Crippen molar-refractivity contribution >= 4 is 11.6 Å². The summed E-state index contributed by atoms with van der Waals surface area (Å²) in [6, 6.07) is 0. The second kappa shape index (κ2) is 2.70. The van der Waals surface area contributed by atoms with Gasteiger partial charge in [-0.15, -0.1) is 0 Å². The van der Waals surface area contributed by atoms with Gasteiger partial charge in [0, 0.05) is 6.54 Å². The molecule has 1 aromatic rings. The largest absolute Gasteiger partial charge is 0.406 e. The second-order valence-corrected chi connectivity index (χ2v) is 2.86. The third-order valence-corrected chi connectivity index (χ3v) is 1.90. The van der Waals surface area contributed by atoms with Gasteiger partial charge in [0.05, 0.1) is 12.6 Å². The van der Waals surface area contributed by atoms with E-state index in [9.17, 15) is 15.2 Å². The van der Waals surface area contributed by atoms with Crippen LogP contribution in [0.4, 0.5) is 11.6 Å². The lowest BCUT2D eigenvalue weighted by molar-refractivity contribution is -0.388. The minimum Gasteiger partial charge on any atom is -0.389 e. The molecule has 0 aliphatic carbocycles. The fourth-order valence-electron chi connectivity index (χ4n) is 1.33. The summed E-state index contributed by atoms with van der Waals surface area (Å²) < 4.78 is 1.53. The van der Waals surface area contributed by atoms with Gasteiger partial charge in [0.2, 0.25) is 12.1 Å². The zero-order valence-electron chi connectivity index (χ0n) is 6.67. The monoisotopic (exact) mass is 184 g/mol. The quantitative estimate of drug-likeness (QED) is 0.456. The van der Waals surface area contributed by atoms with Crippen LogP contribution in [0.3, 0.4) is 0 Å². The van der Waals surface area contributed by atoms with Gasteiger partial charge in [-0.2, -0.15) is 0 Å². The smallest absolute Gasteiger partial charge is 0.389 e. The number of hydrogen-bond donors (Lipinski definition) is 2. The third-order valence-electron chi connectivity index (χ3n) is 1.90. The minimum atomic E-state index is -0.545. The average molecular weight is 184 g/mol. The molecule has 2 N–H and O–H groups in total. The zero-order valence-corrected chi connectivity index (χ0v) is 6.67. The maximum Gasteiger partial charge on any atom is 0.406 e. The molecule has 1 aliphatic rings. The van der Waals surface area contributed by atoms with Gasteiger partial charge in [-0.25, -0.2) is 0 Å². The van der Waals surface area contributed by atoms with Crippen molar-refractivity contribution in [1.29, 1.82) is 0 Å². The van der Waals surface area contributed by atoms with E-state index in [1.54, 1.807) is 0 Å². The highest BCUT2D eigenvalue weighted by Gasteiger charge is 2.26. The molecule has 13 heavy (non-hydrogen) atoms. The normalized spacial score (nSPS) is 20.5. The minimum absolute atomic E-state index is 0.188. The van der Waals surface area contributed by atoms with E-state index in [4.69, 9.17) is 0 Å². The van der Waals surface area contributed by atoms with Crippen LogP contribution in [-0.4, -0.2) is 32.2 Å². The number of nitrogens with one attached hydrogen (secondary N) is 1. The molecule has 0 fully saturated rings. The number of aromatic nitrogens is 2. The average Bonchev–Trinajstić information content (AvgIpc) is 2.46. The summed E-state index contributed by atoms with van der Waals surface area (Å²) in [5, 5.41) is 22.4. The highest BCUT2D eigenvalue weighted by Crippen LogP contribution is 2.24. The Labute approximate surface area is 73.2 Å². The molecule has 0 saturated carbocycles. The van der Waals surface area contributed by atoms with Gasteiger partial charge in [-0.05, 0) is 9.91 Å². The molecule has 0 radical (unpaired) electrons. The van der Waals surface area contributed by atoms with Crippen LogP contribution in [0.25, 0.3) is 0 Å². The van der Waals surface area contributed by atoms with Crippen molar-refractivity contribution in [2.24, 2.45) is 0 Å². The van der Waals surface area contributed by atoms with Gasteiger partial charge >= 0.3 is 5.82 Å². The number of imidazole rings is 1. The van der Waals surface area contributed by atoms with Crippen LogP contribution in [0.1, 0.15) is 0 Å². The fraction of sp³-hybridized carbons (Fsp3) is 0.500. The van der Waals surface area contributed by atoms with Crippen LogP contribution in [-0.2, 0) is 6.54 Å². The Balaban J connectivity index is 2.39. The summed E-state index contributed by atoms with van der Waals surface area (Å²) in [6.45, 7) is 0.676. The number of hydrogen-bond acceptors (Lipinski definition) is 5. The zero-order chi connectivity index (χ0) is 9.42. The van der Waals surface area contributed by atoms with Crippen LogP contribution in [0.5, 0.6) is 0 Å². The number of fused-ring (bicyclic) bond motifs is 1. The van der Waals surface area contributed by atoms with E-state index in [2.05, 4.69) is 10.3 Å². The van der Waals surface area contributed by atoms with Crippen LogP contribution in [0, 0.1) is 10.1 Å². The molecule has 1 unspecified atom stereocenters. The summed E-state index contributed by atoms with van der Waals surface area (Å²) in [4.78, 5) is 13.5. The highest BCUT2D eigenvalue weighted by atomic mass is 16.6. The lowest BCUT2D eigenvalue weighted by atomic mass is 10.3. The summed E-state index contributed by atoms with van der Waals surface area (Å²) in [5.74, 6) is 0.183. The van der Waals surface area contributed by atoms with Crippen LogP contribution in [0.2, 0.25) is 0 Å². The molecule has 0 saturated heterocycles. The van der Waals surface area contributed by atoms with Crippen molar-refractivity contribution in [2.75, 3.05) is 11.9 Å². The standard InChI is InChI=1S/C6H8N4O3/c11-4-1-7-5-6(10(12)13)8-3-9(5)2-4/h3-4,7,11H,1-2H2. The predicted octanol–water partition coefficient (Wildman–Crippen LogP) is -0.422. The van der Waals surface area contributed by atoms with Crippen LogP contribution in [0.15, 0.2) is 6.33 Å². The summed E-state index contributed by atoms with van der Waals surface area (Å²) in [5.41, 5.74) is 0. The van der Waals surface area contributed by atoms with Crippen molar-refractivity contribution in [1.82, 2.24) is 9.55 Å². The van der Waals surface area contributed by atoms with Gasteiger partial charge in [0.1, 0.15) is 0 Å². The Morgan fingerprint density at radius 1 is 1.85 bits per heavy atom. The van der Waals surface area contributed by atoms with E-state index in [-0.39, 0.29) is 5.82 Å². The predicted molar refractivity (Wildman–Crippen MR) is 43.4 cm³/mol. The number of aliphatic hydroxyl groups excluding tert-OH is 1. The molecule has 0 spiro atoms. The molecule has 0 amide bonds. The Morgan fingerprint density at radius 3 is 3.31 bits per heavy atom. The Morgan fingerprint density at radius 2 is 2.62 bits per heavy atom. The number of nitrogens with zero attached hydrogens (tertiary/aromatic N) is 3. The molecule has 70 valence electrons. The highest BCUT2D eigenvalue weighted by molar-refractivity contribution is 5.53. The lowest BCUT2D eigenvalue weighted by Crippen LogP contribution is -2.31. The summed E-state index contributed by atoms with van der Waals surface area (Å²) in [7, 11) is 0. The Kier molecular flexibility index (Phi) is 1.66. The SMILES string of the molecule is O=[N+]([O-])c1ncn2c1NCC(O)C2. The molecule has 2 heterocycles. The van der Waals surface area contributed by atoms with E-state index < -0.39 is 11.0 Å². The van der Waals surface area contributed by atoms with Crippen LogP contribution >= 0.6 is 0 Å². The first kappa shape index (κ1) is 7.99. The first-order valence-corrected chi connectivity index (χ1v) is 3.80. The topological polar surface area (TPSA) is 93.2 Å². The number of aliphatic hydroxyl groups is 1. The number of rotatable bonds is 1.